The van der Waals surface area contributed by atoms with Crippen molar-refractivity contribution in [3.8, 4) is 5.75 Å². The summed E-state index contributed by atoms with van der Waals surface area (Å²) in [6.45, 7) is 1.03. The van der Waals surface area contributed by atoms with E-state index >= 15 is 0 Å². The Morgan fingerprint density at radius 3 is 2.88 bits per heavy atom. The van der Waals surface area contributed by atoms with Crippen LogP contribution in [0.1, 0.15) is 23.3 Å². The molecule has 1 amide bonds. The number of halogens is 1. The van der Waals surface area contributed by atoms with Gasteiger partial charge in [0.2, 0.25) is 5.91 Å². The number of benzene rings is 1. The lowest BCUT2D eigenvalue weighted by molar-refractivity contribution is -0.129. The standard InChI is InChI=1S/C17H17ClN2O4S2/c18-11-1-4-13(5-2-11)24-9-12-3-6-15(21)20(12)7-8-25-17-19-14(10-26-17)16(22)23/h1-2,4-5,10,12H,3,6-9H2,(H,22,23)/t12-/m1/s1. The second kappa shape index (κ2) is 8.75. The molecule has 6 nitrogen and oxygen atoms in total. The van der Waals surface area contributed by atoms with E-state index in [1.165, 1.54) is 28.5 Å². The Balaban J connectivity index is 1.49. The summed E-state index contributed by atoms with van der Waals surface area (Å²) in [7, 11) is 0. The molecule has 0 aliphatic carbocycles. The highest BCUT2D eigenvalue weighted by Gasteiger charge is 2.31. The number of nitrogens with zero attached hydrogens (tertiary/aromatic N) is 2. The van der Waals surface area contributed by atoms with Gasteiger partial charge in [-0.05, 0) is 30.7 Å². The first kappa shape index (κ1) is 19.0. The molecule has 0 unspecified atom stereocenters. The number of hydrogen-bond acceptors (Lipinski definition) is 6. The Hall–Kier alpha value is -1.77. The summed E-state index contributed by atoms with van der Waals surface area (Å²) in [5.74, 6) is 0.491. The van der Waals surface area contributed by atoms with E-state index in [0.717, 1.165) is 12.2 Å². The van der Waals surface area contributed by atoms with Crippen molar-refractivity contribution in [1.29, 1.82) is 0 Å². The number of thiazole rings is 1. The maximum absolute atomic E-state index is 12.1. The van der Waals surface area contributed by atoms with Crippen LogP contribution in [0.3, 0.4) is 0 Å². The average molecular weight is 413 g/mol. The molecule has 138 valence electrons. The molecule has 1 aliphatic heterocycles. The highest BCUT2D eigenvalue weighted by Crippen LogP contribution is 2.25. The number of carbonyl (C=O) groups excluding carboxylic acids is 1. The fourth-order valence-corrected chi connectivity index (χ4v) is 4.59. The molecule has 1 aromatic carbocycles. The number of hydrogen-bond donors (Lipinski definition) is 1. The number of aromatic nitrogens is 1. The summed E-state index contributed by atoms with van der Waals surface area (Å²) in [4.78, 5) is 28.9. The number of carboxylic acids is 1. The third kappa shape index (κ3) is 4.90. The minimum Gasteiger partial charge on any atom is -0.491 e. The number of aromatic carboxylic acids is 1. The third-order valence-corrected chi connectivity index (χ3v) is 6.22. The predicted octanol–water partition coefficient (Wildman–Crippen LogP) is 3.66. The molecule has 9 heteroatoms. The minimum absolute atomic E-state index is 0.0460. The second-order valence-electron chi connectivity index (χ2n) is 5.70. The Morgan fingerprint density at radius 1 is 1.42 bits per heavy atom. The minimum atomic E-state index is -1.03. The molecule has 2 aromatic rings. The number of likely N-dealkylation sites (tertiary alicyclic amines) is 1. The van der Waals surface area contributed by atoms with Gasteiger partial charge < -0.3 is 14.7 Å². The molecular formula is C17H17ClN2O4S2. The number of ether oxygens (including phenoxy) is 1. The molecule has 3 rings (SSSR count). The van der Waals surface area contributed by atoms with Crippen molar-refractivity contribution in [3.05, 3.63) is 40.4 Å². The van der Waals surface area contributed by atoms with Crippen molar-refractivity contribution in [2.45, 2.75) is 23.2 Å². The Kier molecular flexibility index (Phi) is 6.39. The van der Waals surface area contributed by atoms with Crippen LogP contribution < -0.4 is 4.74 Å². The number of carboxylic acid groups (broad SMARTS) is 1. The number of thioether (sulfide) groups is 1. The summed E-state index contributed by atoms with van der Waals surface area (Å²) >= 11 is 8.62. The van der Waals surface area contributed by atoms with Crippen LogP contribution >= 0.6 is 34.7 Å². The van der Waals surface area contributed by atoms with E-state index in [-0.39, 0.29) is 17.6 Å². The van der Waals surface area contributed by atoms with Crippen molar-refractivity contribution < 1.29 is 19.4 Å². The number of amides is 1. The third-order valence-electron chi connectivity index (χ3n) is 3.97. The molecule has 2 heterocycles. The van der Waals surface area contributed by atoms with Gasteiger partial charge in [-0.15, -0.1) is 11.3 Å². The van der Waals surface area contributed by atoms with E-state index in [4.69, 9.17) is 21.4 Å². The van der Waals surface area contributed by atoms with Gasteiger partial charge in [-0.3, -0.25) is 4.79 Å². The fourth-order valence-electron chi connectivity index (χ4n) is 2.65. The van der Waals surface area contributed by atoms with Gasteiger partial charge in [0.25, 0.3) is 0 Å². The highest BCUT2D eigenvalue weighted by atomic mass is 35.5. The molecule has 1 saturated heterocycles. The Bertz CT molecular complexity index is 781. The van der Waals surface area contributed by atoms with Crippen molar-refractivity contribution >= 4 is 46.6 Å². The number of rotatable bonds is 8. The summed E-state index contributed by atoms with van der Waals surface area (Å²) in [6, 6.07) is 7.20. The van der Waals surface area contributed by atoms with Crippen molar-refractivity contribution in [1.82, 2.24) is 9.88 Å². The van der Waals surface area contributed by atoms with Gasteiger partial charge in [0, 0.05) is 29.1 Å². The maximum atomic E-state index is 12.1. The van der Waals surface area contributed by atoms with Crippen LogP contribution in [0.25, 0.3) is 0 Å². The van der Waals surface area contributed by atoms with Crippen LogP contribution in [0.15, 0.2) is 34.0 Å². The summed E-state index contributed by atoms with van der Waals surface area (Å²) in [5, 5.41) is 11.1. The van der Waals surface area contributed by atoms with Crippen molar-refractivity contribution in [3.63, 3.8) is 0 Å². The first-order valence-corrected chi connectivity index (χ1v) is 10.3. The van der Waals surface area contributed by atoms with Gasteiger partial charge in [-0.2, -0.15) is 0 Å². The van der Waals surface area contributed by atoms with Crippen LogP contribution in [0, 0.1) is 0 Å². The van der Waals surface area contributed by atoms with Crippen molar-refractivity contribution in [2.75, 3.05) is 18.9 Å². The first-order valence-electron chi connectivity index (χ1n) is 8.02. The SMILES string of the molecule is O=C(O)c1csc(SCCN2C(=O)CC[C@@H]2COc2ccc(Cl)cc2)n1. The normalized spacial score (nSPS) is 16.9. The molecule has 0 bridgehead atoms. The van der Waals surface area contributed by atoms with Crippen LogP contribution in [-0.2, 0) is 4.79 Å². The average Bonchev–Trinajstić information content (AvgIpc) is 3.23. The summed E-state index contributed by atoms with van der Waals surface area (Å²) < 4.78 is 6.48. The molecule has 26 heavy (non-hydrogen) atoms. The molecule has 0 saturated carbocycles. The molecule has 1 fully saturated rings. The van der Waals surface area contributed by atoms with E-state index in [2.05, 4.69) is 4.98 Å². The lowest BCUT2D eigenvalue weighted by atomic mass is 10.2. The van der Waals surface area contributed by atoms with Crippen molar-refractivity contribution in [2.24, 2.45) is 0 Å². The molecule has 1 aliphatic rings. The van der Waals surface area contributed by atoms with Crippen LogP contribution in [0.5, 0.6) is 5.75 Å². The first-order chi connectivity index (χ1) is 12.5. The smallest absolute Gasteiger partial charge is 0.355 e. The highest BCUT2D eigenvalue weighted by molar-refractivity contribution is 8.01. The van der Waals surface area contributed by atoms with E-state index < -0.39 is 5.97 Å². The molecular weight excluding hydrogens is 396 g/mol. The zero-order valence-corrected chi connectivity index (χ0v) is 16.1. The summed E-state index contributed by atoms with van der Waals surface area (Å²) in [5.41, 5.74) is 0.0592. The second-order valence-corrected chi connectivity index (χ2v) is 8.33. The maximum Gasteiger partial charge on any atom is 0.355 e. The largest absolute Gasteiger partial charge is 0.491 e. The molecule has 1 N–H and O–H groups in total. The van der Waals surface area contributed by atoms with Gasteiger partial charge in [0.1, 0.15) is 12.4 Å². The predicted molar refractivity (Wildman–Crippen MR) is 101 cm³/mol. The van der Waals surface area contributed by atoms with Gasteiger partial charge in [-0.25, -0.2) is 9.78 Å². The molecule has 0 spiro atoms. The van der Waals surface area contributed by atoms with Crippen LogP contribution in [0.4, 0.5) is 0 Å². The topological polar surface area (TPSA) is 79.7 Å². The van der Waals surface area contributed by atoms with Crippen LogP contribution in [-0.4, -0.2) is 51.8 Å². The monoisotopic (exact) mass is 412 g/mol. The van der Waals surface area contributed by atoms with Gasteiger partial charge >= 0.3 is 5.97 Å². The van der Waals surface area contributed by atoms with Gasteiger partial charge in [0.15, 0.2) is 10.0 Å². The lowest BCUT2D eigenvalue weighted by Crippen LogP contribution is -2.38. The Morgan fingerprint density at radius 2 is 2.19 bits per heavy atom. The quantitative estimate of drug-likeness (QED) is 0.666. The van der Waals surface area contributed by atoms with E-state index in [9.17, 15) is 9.59 Å². The zero-order valence-electron chi connectivity index (χ0n) is 13.8. The Labute approximate surface area is 164 Å². The van der Waals surface area contributed by atoms with E-state index in [1.807, 2.05) is 17.0 Å². The fraction of sp³-hybridized carbons (Fsp3) is 0.353. The van der Waals surface area contributed by atoms with E-state index in [1.54, 1.807) is 12.1 Å². The van der Waals surface area contributed by atoms with Gasteiger partial charge in [0.05, 0.1) is 6.04 Å². The zero-order chi connectivity index (χ0) is 18.5. The molecule has 1 aromatic heterocycles. The molecule has 0 radical (unpaired) electrons. The number of carbonyl (C=O) groups is 2. The van der Waals surface area contributed by atoms with E-state index in [0.29, 0.717) is 34.7 Å². The lowest BCUT2D eigenvalue weighted by Gasteiger charge is -2.24. The molecule has 1 atom stereocenters. The van der Waals surface area contributed by atoms with Gasteiger partial charge in [-0.1, -0.05) is 23.4 Å². The van der Waals surface area contributed by atoms with Crippen LogP contribution in [0.2, 0.25) is 5.02 Å². The summed E-state index contributed by atoms with van der Waals surface area (Å²) in [6.07, 6.45) is 1.30.